The predicted molar refractivity (Wildman–Crippen MR) is 38.1 cm³/mol. The summed E-state index contributed by atoms with van der Waals surface area (Å²) in [6.07, 6.45) is 5.92. The lowest BCUT2D eigenvalue weighted by atomic mass is 10.1. The zero-order valence-corrected chi connectivity index (χ0v) is 6.14. The summed E-state index contributed by atoms with van der Waals surface area (Å²) in [7, 11) is 0. The van der Waals surface area contributed by atoms with Crippen LogP contribution in [0.4, 0.5) is 0 Å². The van der Waals surface area contributed by atoms with Crippen molar-refractivity contribution in [3.63, 3.8) is 0 Å². The molecule has 0 aromatic heterocycles. The van der Waals surface area contributed by atoms with Crippen LogP contribution in [0.2, 0.25) is 0 Å². The van der Waals surface area contributed by atoms with Crippen molar-refractivity contribution in [2.24, 2.45) is 0 Å². The van der Waals surface area contributed by atoms with Crippen LogP contribution in [0.5, 0.6) is 0 Å². The van der Waals surface area contributed by atoms with Gasteiger partial charge in [0.1, 0.15) is 5.60 Å². The van der Waals surface area contributed by atoms with E-state index >= 15 is 0 Å². The van der Waals surface area contributed by atoms with Crippen molar-refractivity contribution in [3.8, 4) is 0 Å². The molecule has 0 radical (unpaired) electrons. The van der Waals surface area contributed by atoms with Crippen LogP contribution in [-0.2, 0) is 4.74 Å². The Kier molecular flexibility index (Phi) is 1.35. The summed E-state index contributed by atoms with van der Waals surface area (Å²) in [4.78, 5) is 0. The van der Waals surface area contributed by atoms with Crippen LogP contribution in [0.3, 0.4) is 0 Å². The summed E-state index contributed by atoms with van der Waals surface area (Å²) in [5.74, 6) is 0. The molecule has 0 bridgehead atoms. The molecule has 0 saturated heterocycles. The van der Waals surface area contributed by atoms with Crippen molar-refractivity contribution >= 4 is 0 Å². The van der Waals surface area contributed by atoms with Gasteiger partial charge in [-0.2, -0.15) is 0 Å². The van der Waals surface area contributed by atoms with Crippen LogP contribution in [-0.4, -0.2) is 5.60 Å². The summed E-state index contributed by atoms with van der Waals surface area (Å²) < 4.78 is 5.33. The van der Waals surface area contributed by atoms with Crippen molar-refractivity contribution in [2.75, 3.05) is 0 Å². The number of allylic oxidation sites excluding steroid dienone is 2. The lowest BCUT2D eigenvalue weighted by Crippen LogP contribution is -2.20. The first kappa shape index (κ1) is 6.40. The summed E-state index contributed by atoms with van der Waals surface area (Å²) in [6.45, 7) is 6.09. The Morgan fingerprint density at radius 3 is 2.44 bits per heavy atom. The van der Waals surface area contributed by atoms with E-state index in [2.05, 4.69) is 12.2 Å². The highest BCUT2D eigenvalue weighted by Crippen LogP contribution is 2.18. The van der Waals surface area contributed by atoms with Crippen LogP contribution in [0, 0.1) is 0 Å². The highest BCUT2D eigenvalue weighted by molar-refractivity contribution is 5.20. The average molecular weight is 124 g/mol. The molecular weight excluding hydrogens is 112 g/mol. The Labute approximate surface area is 56.0 Å². The van der Waals surface area contributed by atoms with Gasteiger partial charge in [-0.25, -0.2) is 0 Å². The molecule has 50 valence electrons. The number of ether oxygens (including phenoxy) is 1. The molecule has 0 aromatic carbocycles. The molecule has 0 spiro atoms. The molecule has 0 N–H and O–H groups in total. The van der Waals surface area contributed by atoms with Gasteiger partial charge in [0, 0.05) is 0 Å². The Balaban J connectivity index is 2.70. The second-order valence-corrected chi connectivity index (χ2v) is 2.92. The molecule has 1 nitrogen and oxygen atoms in total. The van der Waals surface area contributed by atoms with Gasteiger partial charge >= 0.3 is 0 Å². The zero-order valence-electron chi connectivity index (χ0n) is 6.14. The largest absolute Gasteiger partial charge is 0.491 e. The van der Waals surface area contributed by atoms with Gasteiger partial charge in [-0.15, -0.1) is 0 Å². The molecular formula is C8H12O. The van der Waals surface area contributed by atoms with Gasteiger partial charge in [0.2, 0.25) is 0 Å². The molecule has 1 rings (SSSR count). The SMILES string of the molecule is CC1=COC(C)(C)C=C1. The van der Waals surface area contributed by atoms with E-state index in [4.69, 9.17) is 4.74 Å². The quantitative estimate of drug-likeness (QED) is 0.481. The van der Waals surface area contributed by atoms with E-state index in [1.54, 1.807) is 6.26 Å². The highest BCUT2D eigenvalue weighted by Gasteiger charge is 2.15. The third-order valence-electron chi connectivity index (χ3n) is 1.30. The van der Waals surface area contributed by atoms with Crippen LogP contribution >= 0.6 is 0 Å². The van der Waals surface area contributed by atoms with E-state index in [9.17, 15) is 0 Å². The fourth-order valence-corrected chi connectivity index (χ4v) is 0.656. The van der Waals surface area contributed by atoms with E-state index in [1.165, 1.54) is 5.57 Å². The van der Waals surface area contributed by atoms with Crippen molar-refractivity contribution in [3.05, 3.63) is 24.0 Å². The van der Waals surface area contributed by atoms with Crippen molar-refractivity contribution in [1.82, 2.24) is 0 Å². The lowest BCUT2D eigenvalue weighted by molar-refractivity contribution is 0.0997. The highest BCUT2D eigenvalue weighted by atomic mass is 16.5. The maximum absolute atomic E-state index is 5.33. The number of hydrogen-bond acceptors (Lipinski definition) is 1. The Hall–Kier alpha value is -0.720. The topological polar surface area (TPSA) is 9.23 Å². The maximum atomic E-state index is 5.33. The van der Waals surface area contributed by atoms with Crippen LogP contribution in [0.15, 0.2) is 24.0 Å². The van der Waals surface area contributed by atoms with Gasteiger partial charge in [0.15, 0.2) is 0 Å². The van der Waals surface area contributed by atoms with Crippen LogP contribution < -0.4 is 0 Å². The normalized spacial score (nSPS) is 22.8. The van der Waals surface area contributed by atoms with E-state index in [-0.39, 0.29) is 5.60 Å². The summed E-state index contributed by atoms with van der Waals surface area (Å²) in [6, 6.07) is 0. The Morgan fingerprint density at radius 1 is 1.44 bits per heavy atom. The molecule has 0 amide bonds. The molecule has 1 aliphatic rings. The van der Waals surface area contributed by atoms with E-state index < -0.39 is 0 Å². The van der Waals surface area contributed by atoms with Crippen LogP contribution in [0.25, 0.3) is 0 Å². The van der Waals surface area contributed by atoms with E-state index in [0.717, 1.165) is 0 Å². The maximum Gasteiger partial charge on any atom is 0.121 e. The minimum absolute atomic E-state index is 0.0977. The van der Waals surface area contributed by atoms with Gasteiger partial charge in [0.25, 0.3) is 0 Å². The third-order valence-corrected chi connectivity index (χ3v) is 1.30. The molecule has 0 aromatic rings. The molecule has 1 heterocycles. The second kappa shape index (κ2) is 1.90. The summed E-state index contributed by atoms with van der Waals surface area (Å²) in [5.41, 5.74) is 1.08. The number of rotatable bonds is 0. The van der Waals surface area contributed by atoms with Crippen molar-refractivity contribution in [2.45, 2.75) is 26.4 Å². The Bertz CT molecular complexity index is 163. The fourth-order valence-electron chi connectivity index (χ4n) is 0.656. The third kappa shape index (κ3) is 1.60. The molecule has 0 aliphatic carbocycles. The van der Waals surface area contributed by atoms with Gasteiger partial charge in [0.05, 0.1) is 6.26 Å². The standard InChI is InChI=1S/C8H12O/c1-7-4-5-8(2,3)9-6-7/h4-6H,1-3H3. The first-order chi connectivity index (χ1) is 4.10. The molecule has 0 saturated carbocycles. The molecule has 1 heteroatoms. The smallest absolute Gasteiger partial charge is 0.121 e. The summed E-state index contributed by atoms with van der Waals surface area (Å²) >= 11 is 0. The molecule has 0 atom stereocenters. The average Bonchev–Trinajstić information content (AvgIpc) is 1.78. The molecule has 0 unspecified atom stereocenters. The molecule has 1 aliphatic heterocycles. The predicted octanol–water partition coefficient (Wildman–Crippen LogP) is 2.26. The van der Waals surface area contributed by atoms with Gasteiger partial charge < -0.3 is 4.74 Å². The minimum atomic E-state index is -0.0977. The number of hydrogen-bond donors (Lipinski definition) is 0. The minimum Gasteiger partial charge on any atom is -0.491 e. The van der Waals surface area contributed by atoms with Gasteiger partial charge in [-0.3, -0.25) is 0 Å². The zero-order chi connectivity index (χ0) is 6.91. The first-order valence-corrected chi connectivity index (χ1v) is 3.14. The lowest BCUT2D eigenvalue weighted by Gasteiger charge is -2.23. The van der Waals surface area contributed by atoms with Gasteiger partial charge in [-0.05, 0) is 32.4 Å². The van der Waals surface area contributed by atoms with E-state index in [0.29, 0.717) is 0 Å². The van der Waals surface area contributed by atoms with Gasteiger partial charge in [-0.1, -0.05) is 6.08 Å². The monoisotopic (exact) mass is 124 g/mol. The Morgan fingerprint density at radius 2 is 2.11 bits per heavy atom. The molecule has 0 fully saturated rings. The summed E-state index contributed by atoms with van der Waals surface area (Å²) in [5, 5.41) is 0. The second-order valence-electron chi connectivity index (χ2n) is 2.92. The molecule has 9 heavy (non-hydrogen) atoms. The van der Waals surface area contributed by atoms with Crippen molar-refractivity contribution < 1.29 is 4.74 Å². The first-order valence-electron chi connectivity index (χ1n) is 3.14. The van der Waals surface area contributed by atoms with Crippen molar-refractivity contribution in [1.29, 1.82) is 0 Å². The van der Waals surface area contributed by atoms with Crippen LogP contribution in [0.1, 0.15) is 20.8 Å². The van der Waals surface area contributed by atoms with E-state index in [1.807, 2.05) is 20.8 Å². The fraction of sp³-hybridized carbons (Fsp3) is 0.500.